The number of rotatable bonds is 6. The molecule has 0 saturated heterocycles. The largest absolute Gasteiger partial charge is 0.378 e. The first-order valence-electron chi connectivity index (χ1n) is 8.89. The van der Waals surface area contributed by atoms with Crippen molar-refractivity contribution in [2.45, 2.75) is 13.2 Å². The van der Waals surface area contributed by atoms with E-state index < -0.39 is 0 Å². The minimum atomic E-state index is 0.222. The minimum Gasteiger partial charge on any atom is -0.378 e. The third-order valence-electron chi connectivity index (χ3n) is 4.20. The van der Waals surface area contributed by atoms with Crippen LogP contribution in [0.1, 0.15) is 11.4 Å². The second-order valence-corrected chi connectivity index (χ2v) is 6.31. The summed E-state index contributed by atoms with van der Waals surface area (Å²) in [7, 11) is 1.66. The average Bonchev–Trinajstić information content (AvgIpc) is 3.17. The smallest absolute Gasteiger partial charge is 0.221 e. The van der Waals surface area contributed by atoms with Crippen LogP contribution in [0.2, 0.25) is 0 Å². The van der Waals surface area contributed by atoms with Crippen LogP contribution in [0.3, 0.4) is 0 Å². The molecule has 0 aliphatic heterocycles. The summed E-state index contributed by atoms with van der Waals surface area (Å²) in [5.41, 5.74) is 10.9. The van der Waals surface area contributed by atoms with E-state index in [0.29, 0.717) is 18.8 Å². The Hall–Kier alpha value is -3.58. The van der Waals surface area contributed by atoms with Gasteiger partial charge in [-0.05, 0) is 24.3 Å². The first-order chi connectivity index (χ1) is 13.7. The van der Waals surface area contributed by atoms with E-state index in [0.717, 1.165) is 28.3 Å². The summed E-state index contributed by atoms with van der Waals surface area (Å²) in [6, 6.07) is 19.6. The number of nitrogens with two attached hydrogens (primary N) is 1. The van der Waals surface area contributed by atoms with Crippen molar-refractivity contribution >= 4 is 5.95 Å². The molecule has 0 radical (unpaired) electrons. The Labute approximate surface area is 162 Å². The van der Waals surface area contributed by atoms with Gasteiger partial charge in [0.05, 0.1) is 35.9 Å². The van der Waals surface area contributed by atoms with Gasteiger partial charge >= 0.3 is 0 Å². The maximum Gasteiger partial charge on any atom is 0.221 e. The Kier molecular flexibility index (Phi) is 5.07. The zero-order valence-electron chi connectivity index (χ0n) is 15.5. The number of ether oxygens (including phenoxy) is 1. The molecule has 0 aliphatic carbocycles. The number of aromatic nitrogens is 5. The van der Waals surface area contributed by atoms with Crippen LogP contribution in [-0.4, -0.2) is 31.8 Å². The van der Waals surface area contributed by atoms with E-state index in [1.807, 2.05) is 71.5 Å². The highest BCUT2D eigenvalue weighted by molar-refractivity contribution is 5.67. The van der Waals surface area contributed by atoms with Gasteiger partial charge in [-0.1, -0.05) is 36.4 Å². The molecule has 4 aromatic rings. The summed E-state index contributed by atoms with van der Waals surface area (Å²) in [6.45, 7) is 1.05. The summed E-state index contributed by atoms with van der Waals surface area (Å²) in [4.78, 5) is 13.3. The van der Waals surface area contributed by atoms with Crippen molar-refractivity contribution in [2.75, 3.05) is 12.8 Å². The number of hydrogen-bond donors (Lipinski definition) is 1. The zero-order valence-corrected chi connectivity index (χ0v) is 15.5. The molecule has 0 unspecified atom stereocenters. The van der Waals surface area contributed by atoms with Crippen LogP contribution in [0.5, 0.6) is 0 Å². The average molecular weight is 372 g/mol. The maximum absolute atomic E-state index is 5.93. The van der Waals surface area contributed by atoms with Crippen molar-refractivity contribution < 1.29 is 4.74 Å². The third-order valence-corrected chi connectivity index (χ3v) is 4.20. The Bertz CT molecular complexity index is 1080. The second-order valence-electron chi connectivity index (χ2n) is 6.31. The molecule has 2 N–H and O–H groups in total. The lowest BCUT2D eigenvalue weighted by Crippen LogP contribution is -2.05. The predicted octanol–water partition coefficient (Wildman–Crippen LogP) is 3.18. The van der Waals surface area contributed by atoms with Gasteiger partial charge in [0, 0.05) is 18.9 Å². The molecule has 0 aliphatic rings. The van der Waals surface area contributed by atoms with Crippen molar-refractivity contribution in [2.24, 2.45) is 0 Å². The highest BCUT2D eigenvalue weighted by Gasteiger charge is 2.10. The van der Waals surface area contributed by atoms with E-state index in [9.17, 15) is 0 Å². The molecule has 7 heteroatoms. The van der Waals surface area contributed by atoms with E-state index in [1.165, 1.54) is 0 Å². The fourth-order valence-electron chi connectivity index (χ4n) is 2.95. The molecule has 0 saturated carbocycles. The van der Waals surface area contributed by atoms with Gasteiger partial charge in [0.15, 0.2) is 0 Å². The summed E-state index contributed by atoms with van der Waals surface area (Å²) in [6.07, 6.45) is 1.90. The van der Waals surface area contributed by atoms with Crippen LogP contribution in [0.15, 0.2) is 66.9 Å². The van der Waals surface area contributed by atoms with Gasteiger partial charge in [-0.2, -0.15) is 5.10 Å². The van der Waals surface area contributed by atoms with E-state index in [2.05, 4.69) is 20.1 Å². The van der Waals surface area contributed by atoms with Gasteiger partial charge in [-0.15, -0.1) is 0 Å². The minimum absolute atomic E-state index is 0.222. The van der Waals surface area contributed by atoms with Crippen LogP contribution in [-0.2, 0) is 17.9 Å². The number of nitrogens with zero attached hydrogens (tertiary/aromatic N) is 5. The molecule has 0 spiro atoms. The summed E-state index contributed by atoms with van der Waals surface area (Å²) >= 11 is 0. The molecule has 3 heterocycles. The highest BCUT2D eigenvalue weighted by Crippen LogP contribution is 2.23. The summed E-state index contributed by atoms with van der Waals surface area (Å²) in [5.74, 6) is 0.222. The Balaban J connectivity index is 1.59. The van der Waals surface area contributed by atoms with Gasteiger partial charge in [-0.3, -0.25) is 9.67 Å². The lowest BCUT2D eigenvalue weighted by atomic mass is 10.1. The second kappa shape index (κ2) is 7.98. The number of hydrogen-bond acceptors (Lipinski definition) is 6. The molecular weight excluding hydrogens is 352 g/mol. The van der Waals surface area contributed by atoms with Crippen molar-refractivity contribution in [1.82, 2.24) is 24.7 Å². The number of methoxy groups -OCH3 is 1. The Morgan fingerprint density at radius 1 is 0.857 bits per heavy atom. The Morgan fingerprint density at radius 3 is 2.46 bits per heavy atom. The lowest BCUT2D eigenvalue weighted by Gasteiger charge is -2.05. The topological polar surface area (TPSA) is 91.7 Å². The van der Waals surface area contributed by atoms with E-state index >= 15 is 0 Å². The third kappa shape index (κ3) is 4.05. The quantitative estimate of drug-likeness (QED) is 0.559. The van der Waals surface area contributed by atoms with Crippen LogP contribution < -0.4 is 5.73 Å². The van der Waals surface area contributed by atoms with Crippen LogP contribution in [0.4, 0.5) is 5.95 Å². The zero-order chi connectivity index (χ0) is 19.3. The Morgan fingerprint density at radius 2 is 1.64 bits per heavy atom. The molecule has 0 amide bonds. The van der Waals surface area contributed by atoms with Gasteiger partial charge in [0.25, 0.3) is 0 Å². The fourth-order valence-corrected chi connectivity index (χ4v) is 2.95. The maximum atomic E-state index is 5.93. The summed E-state index contributed by atoms with van der Waals surface area (Å²) in [5, 5.41) is 4.63. The van der Waals surface area contributed by atoms with E-state index in [1.54, 1.807) is 7.11 Å². The SMILES string of the molecule is COCc1cccc(Cn2ccc(-c3cc(-c4ccccc4)nc(N)n3)n2)n1. The van der Waals surface area contributed by atoms with Crippen molar-refractivity contribution in [3.05, 3.63) is 78.2 Å². The normalized spacial score (nSPS) is 10.9. The van der Waals surface area contributed by atoms with Crippen LogP contribution in [0.25, 0.3) is 22.6 Å². The standard InChI is InChI=1S/C21H20N6O/c1-28-14-17-9-5-8-16(23-17)13-27-11-10-18(26-27)20-12-19(24-21(22)25-20)15-6-3-2-4-7-15/h2-12H,13-14H2,1H3,(H2,22,24,25). The molecular formula is C21H20N6O. The van der Waals surface area contributed by atoms with Crippen molar-refractivity contribution in [3.8, 4) is 22.6 Å². The lowest BCUT2D eigenvalue weighted by molar-refractivity contribution is 0.181. The monoisotopic (exact) mass is 372 g/mol. The van der Waals surface area contributed by atoms with Gasteiger partial charge in [0.1, 0.15) is 5.69 Å². The number of anilines is 1. The molecule has 0 fully saturated rings. The fraction of sp³-hybridized carbons (Fsp3) is 0.143. The van der Waals surface area contributed by atoms with Crippen LogP contribution in [0, 0.1) is 0 Å². The highest BCUT2D eigenvalue weighted by atomic mass is 16.5. The van der Waals surface area contributed by atoms with Crippen molar-refractivity contribution in [3.63, 3.8) is 0 Å². The number of benzene rings is 1. The molecule has 140 valence electrons. The van der Waals surface area contributed by atoms with Crippen LogP contribution >= 0.6 is 0 Å². The first kappa shape index (κ1) is 17.8. The predicted molar refractivity (Wildman–Crippen MR) is 107 cm³/mol. The number of pyridine rings is 1. The summed E-state index contributed by atoms with van der Waals surface area (Å²) < 4.78 is 6.97. The van der Waals surface area contributed by atoms with Gasteiger partial charge in [0.2, 0.25) is 5.95 Å². The molecule has 4 rings (SSSR count). The molecule has 0 atom stereocenters. The van der Waals surface area contributed by atoms with Gasteiger partial charge < -0.3 is 10.5 Å². The molecule has 0 bridgehead atoms. The first-order valence-corrected chi connectivity index (χ1v) is 8.89. The molecule has 1 aromatic carbocycles. The van der Waals surface area contributed by atoms with Gasteiger partial charge in [-0.25, -0.2) is 9.97 Å². The molecule has 7 nitrogen and oxygen atoms in total. The molecule has 3 aromatic heterocycles. The molecule has 28 heavy (non-hydrogen) atoms. The van der Waals surface area contributed by atoms with E-state index in [4.69, 9.17) is 10.5 Å². The van der Waals surface area contributed by atoms with E-state index in [-0.39, 0.29) is 5.95 Å². The van der Waals surface area contributed by atoms with Crippen molar-refractivity contribution in [1.29, 1.82) is 0 Å². The number of nitrogen functional groups attached to an aromatic ring is 1.